The summed E-state index contributed by atoms with van der Waals surface area (Å²) < 4.78 is 5.25. The van der Waals surface area contributed by atoms with Crippen molar-refractivity contribution in [3.05, 3.63) is 23.3 Å². The third-order valence-electron chi connectivity index (χ3n) is 2.75. The van der Waals surface area contributed by atoms with Gasteiger partial charge in [-0.25, -0.2) is 4.98 Å². The summed E-state index contributed by atoms with van der Waals surface area (Å²) in [6.45, 7) is 2.86. The standard InChI is InChI=1S/C10H12N4OS/c1-7-12-9(15-13-7)8-3-2-5-14(8)10-11-4-6-16-10/h4,6,8H,2-3,5H2,1H3. The van der Waals surface area contributed by atoms with Gasteiger partial charge in [0.1, 0.15) is 6.04 Å². The first kappa shape index (κ1) is 9.77. The molecule has 0 bridgehead atoms. The maximum Gasteiger partial charge on any atom is 0.249 e. The lowest BCUT2D eigenvalue weighted by atomic mass is 10.2. The molecule has 6 heteroatoms. The van der Waals surface area contributed by atoms with Crippen LogP contribution in [0.3, 0.4) is 0 Å². The highest BCUT2D eigenvalue weighted by molar-refractivity contribution is 7.13. The van der Waals surface area contributed by atoms with Crippen molar-refractivity contribution < 1.29 is 4.52 Å². The molecule has 1 unspecified atom stereocenters. The van der Waals surface area contributed by atoms with Gasteiger partial charge in [0.05, 0.1) is 0 Å². The van der Waals surface area contributed by atoms with Crippen molar-refractivity contribution in [3.63, 3.8) is 0 Å². The Balaban J connectivity index is 1.90. The normalized spacial score (nSPS) is 20.6. The third kappa shape index (κ3) is 1.59. The van der Waals surface area contributed by atoms with E-state index in [1.54, 1.807) is 11.3 Å². The summed E-state index contributed by atoms with van der Waals surface area (Å²) in [5, 5.41) is 6.88. The average Bonchev–Trinajstić information content (AvgIpc) is 2.96. The minimum atomic E-state index is 0.201. The molecule has 1 aliphatic rings. The molecule has 84 valence electrons. The minimum Gasteiger partial charge on any atom is -0.337 e. The van der Waals surface area contributed by atoms with Gasteiger partial charge in [-0.2, -0.15) is 4.98 Å². The second-order valence-corrected chi connectivity index (χ2v) is 4.72. The summed E-state index contributed by atoms with van der Waals surface area (Å²) in [6.07, 6.45) is 4.03. The van der Waals surface area contributed by atoms with Crippen LogP contribution in [0.15, 0.2) is 16.1 Å². The molecule has 3 rings (SSSR count). The van der Waals surface area contributed by atoms with E-state index < -0.39 is 0 Å². The third-order valence-corrected chi connectivity index (χ3v) is 3.55. The van der Waals surface area contributed by atoms with E-state index in [4.69, 9.17) is 4.52 Å². The maximum atomic E-state index is 5.25. The predicted molar refractivity (Wildman–Crippen MR) is 60.5 cm³/mol. The fourth-order valence-electron chi connectivity index (χ4n) is 2.06. The lowest BCUT2D eigenvalue weighted by molar-refractivity contribution is 0.352. The van der Waals surface area contributed by atoms with Crippen LogP contribution in [0.4, 0.5) is 5.13 Å². The van der Waals surface area contributed by atoms with E-state index in [9.17, 15) is 0 Å². The van der Waals surface area contributed by atoms with Gasteiger partial charge in [-0.05, 0) is 19.8 Å². The summed E-state index contributed by atoms with van der Waals surface area (Å²) in [5.41, 5.74) is 0. The van der Waals surface area contributed by atoms with Gasteiger partial charge in [0.15, 0.2) is 11.0 Å². The molecule has 5 nitrogen and oxygen atoms in total. The lowest BCUT2D eigenvalue weighted by Gasteiger charge is -2.20. The Hall–Kier alpha value is -1.43. The second kappa shape index (κ2) is 3.86. The quantitative estimate of drug-likeness (QED) is 0.800. The van der Waals surface area contributed by atoms with Crippen LogP contribution in [0.1, 0.15) is 30.6 Å². The second-order valence-electron chi connectivity index (χ2n) is 3.85. The van der Waals surface area contributed by atoms with Crippen LogP contribution in [0.2, 0.25) is 0 Å². The van der Waals surface area contributed by atoms with Crippen LogP contribution in [0, 0.1) is 6.92 Å². The first-order valence-electron chi connectivity index (χ1n) is 5.31. The van der Waals surface area contributed by atoms with E-state index in [1.807, 2.05) is 18.5 Å². The van der Waals surface area contributed by atoms with Crippen LogP contribution in [-0.2, 0) is 0 Å². The molecule has 0 amide bonds. The Morgan fingerprint density at radius 1 is 1.56 bits per heavy atom. The molecule has 1 atom stereocenters. The molecule has 2 aromatic heterocycles. The zero-order valence-corrected chi connectivity index (χ0v) is 9.78. The van der Waals surface area contributed by atoms with Gasteiger partial charge < -0.3 is 9.42 Å². The minimum absolute atomic E-state index is 0.201. The molecule has 0 radical (unpaired) electrons. The Morgan fingerprint density at radius 2 is 2.50 bits per heavy atom. The number of aromatic nitrogens is 3. The largest absolute Gasteiger partial charge is 0.337 e. The summed E-state index contributed by atoms with van der Waals surface area (Å²) in [5.74, 6) is 1.41. The van der Waals surface area contributed by atoms with Gasteiger partial charge in [-0.3, -0.25) is 0 Å². The van der Waals surface area contributed by atoms with Crippen LogP contribution >= 0.6 is 11.3 Å². The zero-order chi connectivity index (χ0) is 11.0. The molecule has 0 saturated carbocycles. The summed E-state index contributed by atoms with van der Waals surface area (Å²) in [7, 11) is 0. The van der Waals surface area contributed by atoms with Gasteiger partial charge in [0.2, 0.25) is 5.89 Å². The van der Waals surface area contributed by atoms with E-state index in [0.29, 0.717) is 11.7 Å². The molecule has 16 heavy (non-hydrogen) atoms. The zero-order valence-electron chi connectivity index (χ0n) is 8.96. The monoisotopic (exact) mass is 236 g/mol. The molecule has 1 aliphatic heterocycles. The smallest absolute Gasteiger partial charge is 0.249 e. The number of hydrogen-bond acceptors (Lipinski definition) is 6. The Morgan fingerprint density at radius 3 is 3.19 bits per heavy atom. The van der Waals surface area contributed by atoms with Crippen molar-refractivity contribution in [3.8, 4) is 0 Å². The number of thiazole rings is 1. The molecule has 1 saturated heterocycles. The highest BCUT2D eigenvalue weighted by Gasteiger charge is 2.31. The first-order chi connectivity index (χ1) is 7.84. The molecular formula is C10H12N4OS. The molecule has 0 N–H and O–H groups in total. The van der Waals surface area contributed by atoms with Crippen molar-refractivity contribution in [2.75, 3.05) is 11.4 Å². The van der Waals surface area contributed by atoms with Crippen LogP contribution in [0.5, 0.6) is 0 Å². The van der Waals surface area contributed by atoms with Gasteiger partial charge in [-0.15, -0.1) is 11.3 Å². The Kier molecular flexibility index (Phi) is 2.36. The first-order valence-corrected chi connectivity index (χ1v) is 6.19. The number of anilines is 1. The fraction of sp³-hybridized carbons (Fsp3) is 0.500. The Bertz CT molecular complexity index is 467. The van der Waals surface area contributed by atoms with Gasteiger partial charge >= 0.3 is 0 Å². The van der Waals surface area contributed by atoms with Gasteiger partial charge in [0.25, 0.3) is 0 Å². The van der Waals surface area contributed by atoms with Crippen LogP contribution < -0.4 is 4.90 Å². The highest BCUT2D eigenvalue weighted by Crippen LogP contribution is 2.35. The maximum absolute atomic E-state index is 5.25. The molecule has 0 spiro atoms. The van der Waals surface area contributed by atoms with Crippen molar-refractivity contribution in [2.45, 2.75) is 25.8 Å². The van der Waals surface area contributed by atoms with Crippen LogP contribution in [0.25, 0.3) is 0 Å². The Labute approximate surface area is 97.1 Å². The highest BCUT2D eigenvalue weighted by atomic mass is 32.1. The number of nitrogens with zero attached hydrogens (tertiary/aromatic N) is 4. The molecule has 3 heterocycles. The van der Waals surface area contributed by atoms with Crippen LogP contribution in [-0.4, -0.2) is 21.7 Å². The molecule has 2 aromatic rings. The van der Waals surface area contributed by atoms with E-state index in [2.05, 4.69) is 20.0 Å². The molecule has 0 aliphatic carbocycles. The summed E-state index contributed by atoms with van der Waals surface area (Å²) >= 11 is 1.65. The van der Waals surface area contributed by atoms with E-state index in [0.717, 1.165) is 24.5 Å². The lowest BCUT2D eigenvalue weighted by Crippen LogP contribution is -2.22. The van der Waals surface area contributed by atoms with E-state index in [-0.39, 0.29) is 6.04 Å². The van der Waals surface area contributed by atoms with Gasteiger partial charge in [-0.1, -0.05) is 5.16 Å². The van der Waals surface area contributed by atoms with Gasteiger partial charge in [0, 0.05) is 18.1 Å². The van der Waals surface area contributed by atoms with Crippen molar-refractivity contribution >= 4 is 16.5 Å². The number of rotatable bonds is 2. The molecule has 1 fully saturated rings. The van der Waals surface area contributed by atoms with Crippen molar-refractivity contribution in [1.82, 2.24) is 15.1 Å². The van der Waals surface area contributed by atoms with Crippen molar-refractivity contribution in [2.24, 2.45) is 0 Å². The fourth-order valence-corrected chi connectivity index (χ4v) is 2.78. The predicted octanol–water partition coefficient (Wildman–Crippen LogP) is 2.18. The molecule has 0 aromatic carbocycles. The number of aryl methyl sites for hydroxylation is 1. The molecular weight excluding hydrogens is 224 g/mol. The summed E-state index contributed by atoms with van der Waals surface area (Å²) in [6, 6.07) is 0.201. The van der Waals surface area contributed by atoms with E-state index >= 15 is 0 Å². The summed E-state index contributed by atoms with van der Waals surface area (Å²) in [4.78, 5) is 10.9. The average molecular weight is 236 g/mol. The SMILES string of the molecule is Cc1noc(C2CCCN2c2nccs2)n1. The van der Waals surface area contributed by atoms with E-state index in [1.165, 1.54) is 0 Å². The van der Waals surface area contributed by atoms with Crippen molar-refractivity contribution in [1.29, 1.82) is 0 Å². The topological polar surface area (TPSA) is 55.1 Å². The number of hydrogen-bond donors (Lipinski definition) is 0.